The molecule has 0 fully saturated rings. The lowest BCUT2D eigenvalue weighted by atomic mass is 10.1. The van der Waals surface area contributed by atoms with Gasteiger partial charge in [-0.25, -0.2) is 4.98 Å². The molecule has 5 heteroatoms. The summed E-state index contributed by atoms with van der Waals surface area (Å²) in [6, 6.07) is 11.1. The second-order valence-corrected chi connectivity index (χ2v) is 4.43. The van der Waals surface area contributed by atoms with E-state index < -0.39 is 0 Å². The fraction of sp³-hybridized carbons (Fsp3) is 0.125. The van der Waals surface area contributed by atoms with Gasteiger partial charge in [-0.1, -0.05) is 12.1 Å². The summed E-state index contributed by atoms with van der Waals surface area (Å²) in [5.41, 5.74) is 1.85. The van der Waals surface area contributed by atoms with Crippen molar-refractivity contribution in [3.63, 3.8) is 0 Å². The third-order valence-corrected chi connectivity index (χ3v) is 3.34. The zero-order valence-electron chi connectivity index (χ0n) is 11.7. The van der Waals surface area contributed by atoms with Gasteiger partial charge in [-0.15, -0.1) is 0 Å². The van der Waals surface area contributed by atoms with Crippen molar-refractivity contribution in [1.29, 1.82) is 0 Å². The number of carbonyl (C=O) groups excluding carboxylic acids is 1. The van der Waals surface area contributed by atoms with Gasteiger partial charge < -0.3 is 9.47 Å². The van der Waals surface area contributed by atoms with E-state index in [1.807, 2.05) is 47.0 Å². The second kappa shape index (κ2) is 5.28. The monoisotopic (exact) mass is 282 g/mol. The van der Waals surface area contributed by atoms with Crippen LogP contribution in [0.25, 0.3) is 16.9 Å². The molecule has 0 saturated carbocycles. The first-order valence-electron chi connectivity index (χ1n) is 6.43. The van der Waals surface area contributed by atoms with Gasteiger partial charge in [0, 0.05) is 6.20 Å². The predicted molar refractivity (Wildman–Crippen MR) is 79.1 cm³/mol. The highest BCUT2D eigenvalue weighted by Gasteiger charge is 2.19. The van der Waals surface area contributed by atoms with Gasteiger partial charge in [-0.2, -0.15) is 0 Å². The average molecular weight is 282 g/mol. The highest BCUT2D eigenvalue weighted by atomic mass is 16.5. The van der Waals surface area contributed by atoms with Crippen LogP contribution in [0.2, 0.25) is 0 Å². The van der Waals surface area contributed by atoms with Crippen LogP contribution in [-0.2, 0) is 0 Å². The van der Waals surface area contributed by atoms with E-state index in [4.69, 9.17) is 9.47 Å². The van der Waals surface area contributed by atoms with E-state index in [0.717, 1.165) is 17.4 Å². The van der Waals surface area contributed by atoms with Crippen LogP contribution in [0, 0.1) is 0 Å². The molecule has 5 nitrogen and oxygen atoms in total. The quantitative estimate of drug-likeness (QED) is 0.690. The second-order valence-electron chi connectivity index (χ2n) is 4.43. The van der Waals surface area contributed by atoms with E-state index in [1.165, 1.54) is 0 Å². The lowest BCUT2D eigenvalue weighted by molar-refractivity contribution is 0.112. The minimum atomic E-state index is 0.388. The van der Waals surface area contributed by atoms with Gasteiger partial charge in [0.25, 0.3) is 0 Å². The van der Waals surface area contributed by atoms with E-state index in [1.54, 1.807) is 14.2 Å². The molecule has 2 heterocycles. The Morgan fingerprint density at radius 2 is 1.76 bits per heavy atom. The molecule has 0 N–H and O–H groups in total. The number of nitrogens with zero attached hydrogens (tertiary/aromatic N) is 2. The number of rotatable bonds is 4. The van der Waals surface area contributed by atoms with Crippen molar-refractivity contribution in [2.75, 3.05) is 14.2 Å². The molecule has 0 atom stereocenters. The van der Waals surface area contributed by atoms with Crippen molar-refractivity contribution in [2.24, 2.45) is 0 Å². The number of carbonyl (C=O) groups is 1. The van der Waals surface area contributed by atoms with Gasteiger partial charge in [0.15, 0.2) is 12.1 Å². The van der Waals surface area contributed by atoms with Crippen LogP contribution in [0.1, 0.15) is 10.5 Å². The van der Waals surface area contributed by atoms with E-state index >= 15 is 0 Å². The molecule has 0 aliphatic rings. The van der Waals surface area contributed by atoms with Gasteiger partial charge in [0.05, 0.1) is 19.7 Å². The Balaban J connectivity index is 2.38. The molecule has 0 amide bonds. The minimum Gasteiger partial charge on any atom is -0.496 e. The number of ether oxygens (including phenoxy) is 2. The number of aldehydes is 1. The topological polar surface area (TPSA) is 52.8 Å². The molecule has 0 bridgehead atoms. The number of benzene rings is 1. The molecule has 3 rings (SSSR count). The lowest BCUT2D eigenvalue weighted by Crippen LogP contribution is -1.96. The number of hydrogen-bond acceptors (Lipinski definition) is 4. The SMILES string of the molecule is COc1cccc(OC)c1-c1nc(C=O)c2ccccn12. The Labute approximate surface area is 121 Å². The maximum atomic E-state index is 11.2. The number of methoxy groups -OCH3 is 2. The summed E-state index contributed by atoms with van der Waals surface area (Å²) >= 11 is 0. The van der Waals surface area contributed by atoms with Crippen LogP contribution < -0.4 is 9.47 Å². The highest BCUT2D eigenvalue weighted by Crippen LogP contribution is 2.38. The van der Waals surface area contributed by atoms with E-state index in [9.17, 15) is 4.79 Å². The molecule has 0 unspecified atom stereocenters. The van der Waals surface area contributed by atoms with Crippen LogP contribution in [0.15, 0.2) is 42.6 Å². The van der Waals surface area contributed by atoms with Crippen molar-refractivity contribution in [3.8, 4) is 22.9 Å². The van der Waals surface area contributed by atoms with Crippen molar-refractivity contribution >= 4 is 11.8 Å². The molecule has 0 radical (unpaired) electrons. The van der Waals surface area contributed by atoms with E-state index in [-0.39, 0.29) is 0 Å². The number of fused-ring (bicyclic) bond motifs is 1. The zero-order chi connectivity index (χ0) is 14.8. The molecule has 0 aliphatic heterocycles. The Hall–Kier alpha value is -2.82. The first-order chi connectivity index (χ1) is 10.3. The van der Waals surface area contributed by atoms with Gasteiger partial charge >= 0.3 is 0 Å². The third kappa shape index (κ3) is 2.03. The van der Waals surface area contributed by atoms with Gasteiger partial charge in [-0.05, 0) is 24.3 Å². The van der Waals surface area contributed by atoms with E-state index in [2.05, 4.69) is 4.98 Å². The molecule has 0 aliphatic carbocycles. The van der Waals surface area contributed by atoms with Crippen molar-refractivity contribution < 1.29 is 14.3 Å². The van der Waals surface area contributed by atoms with Crippen molar-refractivity contribution in [2.45, 2.75) is 0 Å². The first-order valence-corrected chi connectivity index (χ1v) is 6.43. The Kier molecular flexibility index (Phi) is 3.31. The molecule has 0 spiro atoms. The van der Waals surface area contributed by atoms with Crippen molar-refractivity contribution in [3.05, 3.63) is 48.3 Å². The summed E-state index contributed by atoms with van der Waals surface area (Å²) in [7, 11) is 3.18. The number of pyridine rings is 1. The van der Waals surface area contributed by atoms with Crippen LogP contribution in [-0.4, -0.2) is 29.9 Å². The summed E-state index contributed by atoms with van der Waals surface area (Å²) in [4.78, 5) is 15.7. The number of imidazole rings is 1. The first kappa shape index (κ1) is 13.2. The fourth-order valence-corrected chi connectivity index (χ4v) is 2.40. The third-order valence-electron chi connectivity index (χ3n) is 3.34. The molecule has 3 aromatic rings. The number of aromatic nitrogens is 2. The molecule has 2 aromatic heterocycles. The lowest BCUT2D eigenvalue weighted by Gasteiger charge is -2.12. The van der Waals surface area contributed by atoms with Crippen LogP contribution >= 0.6 is 0 Å². The summed E-state index contributed by atoms with van der Waals surface area (Å²) in [6.07, 6.45) is 2.61. The zero-order valence-corrected chi connectivity index (χ0v) is 11.7. The molecule has 21 heavy (non-hydrogen) atoms. The summed E-state index contributed by atoms with van der Waals surface area (Å²) < 4.78 is 12.7. The molecule has 0 saturated heterocycles. The standard InChI is InChI=1S/C16H14N2O3/c1-20-13-7-5-8-14(21-2)15(13)16-17-11(10-19)12-6-3-4-9-18(12)16/h3-10H,1-2H3. The molecule has 1 aromatic carbocycles. The molecular formula is C16H14N2O3. The van der Waals surface area contributed by atoms with Crippen LogP contribution in [0.4, 0.5) is 0 Å². The smallest absolute Gasteiger partial charge is 0.170 e. The maximum Gasteiger partial charge on any atom is 0.170 e. The maximum absolute atomic E-state index is 11.2. The fourth-order valence-electron chi connectivity index (χ4n) is 2.40. The van der Waals surface area contributed by atoms with Crippen LogP contribution in [0.5, 0.6) is 11.5 Å². The summed E-state index contributed by atoms with van der Waals surface area (Å²) in [5, 5.41) is 0. The Morgan fingerprint density at radius 3 is 2.38 bits per heavy atom. The number of hydrogen-bond donors (Lipinski definition) is 0. The largest absolute Gasteiger partial charge is 0.496 e. The van der Waals surface area contributed by atoms with Gasteiger partial charge in [0.2, 0.25) is 0 Å². The highest BCUT2D eigenvalue weighted by molar-refractivity contribution is 5.87. The molecule has 106 valence electrons. The van der Waals surface area contributed by atoms with Gasteiger partial charge in [-0.3, -0.25) is 9.20 Å². The van der Waals surface area contributed by atoms with Crippen LogP contribution in [0.3, 0.4) is 0 Å². The van der Waals surface area contributed by atoms with Gasteiger partial charge in [0.1, 0.15) is 22.8 Å². The van der Waals surface area contributed by atoms with E-state index in [0.29, 0.717) is 23.0 Å². The summed E-state index contributed by atoms with van der Waals surface area (Å²) in [6.45, 7) is 0. The Bertz CT molecular complexity index is 786. The minimum absolute atomic E-state index is 0.388. The van der Waals surface area contributed by atoms with Crippen molar-refractivity contribution in [1.82, 2.24) is 9.38 Å². The predicted octanol–water partition coefficient (Wildman–Crippen LogP) is 2.83. The Morgan fingerprint density at radius 1 is 1.05 bits per heavy atom. The molecular weight excluding hydrogens is 268 g/mol. The average Bonchev–Trinajstić information content (AvgIpc) is 2.92. The summed E-state index contributed by atoms with van der Waals surface area (Å²) in [5.74, 6) is 1.90. The normalized spacial score (nSPS) is 10.6.